The number of benzene rings is 1. The molecule has 2 bridgehead atoms. The van der Waals surface area contributed by atoms with Crippen molar-refractivity contribution < 1.29 is 27.9 Å². The van der Waals surface area contributed by atoms with E-state index in [1.807, 2.05) is 19.1 Å². The van der Waals surface area contributed by atoms with Crippen molar-refractivity contribution in [1.29, 1.82) is 0 Å². The van der Waals surface area contributed by atoms with Crippen molar-refractivity contribution >= 4 is 29.5 Å². The van der Waals surface area contributed by atoms with Gasteiger partial charge in [-0.05, 0) is 81.4 Å². The zero-order chi connectivity index (χ0) is 32.2. The predicted molar refractivity (Wildman–Crippen MR) is 163 cm³/mol. The number of hydrogen-bond acceptors (Lipinski definition) is 8. The van der Waals surface area contributed by atoms with E-state index in [1.165, 1.54) is 0 Å². The fraction of sp³-hybridized carbons (Fsp3) is 0.515. The molecule has 242 valence electrons. The molecule has 10 nitrogen and oxygen atoms in total. The number of fused-ring (bicyclic) bond motifs is 4. The van der Waals surface area contributed by atoms with E-state index in [0.717, 1.165) is 42.3 Å². The zero-order valence-corrected chi connectivity index (χ0v) is 25.5. The number of anilines is 3. The van der Waals surface area contributed by atoms with E-state index >= 15 is 0 Å². The number of nitrogens with one attached hydrogen (secondary N) is 1. The van der Waals surface area contributed by atoms with Crippen molar-refractivity contribution in [2.45, 2.75) is 69.5 Å². The molecule has 13 heteroatoms. The average molecular weight is 636 g/mol. The summed E-state index contributed by atoms with van der Waals surface area (Å²) in [5, 5.41) is 12.3. The molecule has 4 aliphatic rings. The maximum atomic E-state index is 14.5. The Kier molecular flexibility index (Phi) is 7.59. The maximum absolute atomic E-state index is 14.5. The molecule has 2 aliphatic carbocycles. The first-order chi connectivity index (χ1) is 22.0. The average Bonchev–Trinajstić information content (AvgIpc) is 3.33. The summed E-state index contributed by atoms with van der Waals surface area (Å²) in [6.45, 7) is 3.80. The molecular formula is C33H36F3N7O3. The van der Waals surface area contributed by atoms with E-state index in [4.69, 9.17) is 0 Å². The van der Waals surface area contributed by atoms with E-state index in [1.54, 1.807) is 23.4 Å². The van der Waals surface area contributed by atoms with Crippen molar-refractivity contribution in [2.24, 2.45) is 17.8 Å². The van der Waals surface area contributed by atoms with Gasteiger partial charge >= 0.3 is 12.1 Å². The Morgan fingerprint density at radius 2 is 1.67 bits per heavy atom. The minimum absolute atomic E-state index is 0.0911. The van der Waals surface area contributed by atoms with Crippen LogP contribution in [0, 0.1) is 24.7 Å². The fourth-order valence-electron chi connectivity index (χ4n) is 8.30. The van der Waals surface area contributed by atoms with Gasteiger partial charge in [0, 0.05) is 55.4 Å². The maximum Gasteiger partial charge on any atom is 0.434 e. The number of aliphatic carboxylic acids is 1. The number of alkyl halides is 3. The first-order valence-electron chi connectivity index (χ1n) is 15.9. The summed E-state index contributed by atoms with van der Waals surface area (Å²) < 4.78 is 43.5. The largest absolute Gasteiger partial charge is 0.481 e. The third-order valence-electron chi connectivity index (χ3n) is 10.4. The number of carboxylic acids is 1. The number of amides is 1. The molecule has 3 aromatic rings. The van der Waals surface area contributed by atoms with Crippen LogP contribution in [0.3, 0.4) is 0 Å². The van der Waals surface area contributed by atoms with Gasteiger partial charge in [-0.3, -0.25) is 9.59 Å². The Labute approximate surface area is 264 Å². The summed E-state index contributed by atoms with van der Waals surface area (Å²) in [6.07, 6.45) is 4.08. The van der Waals surface area contributed by atoms with Crippen LogP contribution < -0.4 is 15.1 Å². The number of carbonyl (C=O) groups is 2. The lowest BCUT2D eigenvalue weighted by Gasteiger charge is -2.41. The van der Waals surface area contributed by atoms with E-state index < -0.39 is 35.2 Å². The summed E-state index contributed by atoms with van der Waals surface area (Å²) >= 11 is 0. The van der Waals surface area contributed by atoms with Gasteiger partial charge in [0.15, 0.2) is 5.69 Å². The summed E-state index contributed by atoms with van der Waals surface area (Å²) in [5.74, 6) is -1.25. The summed E-state index contributed by atoms with van der Waals surface area (Å²) in [6, 6.07) is 7.40. The van der Waals surface area contributed by atoms with Gasteiger partial charge in [-0.15, -0.1) is 0 Å². The second-order valence-electron chi connectivity index (χ2n) is 13.5. The van der Waals surface area contributed by atoms with Crippen LogP contribution in [0.4, 0.5) is 30.8 Å². The van der Waals surface area contributed by atoms with Gasteiger partial charge in [0.1, 0.15) is 0 Å². The SMILES string of the molecule is Cc1ccc2c(c1)C1(CCN(c3ncccn3)CC1)CN2c1ncc(C(=O)NC2CC3CC(C2)CC(C(=O)O)C3)c(C(F)(F)F)n1. The van der Waals surface area contributed by atoms with Gasteiger partial charge in [0.25, 0.3) is 5.91 Å². The predicted octanol–water partition coefficient (Wildman–Crippen LogP) is 5.29. The van der Waals surface area contributed by atoms with Gasteiger partial charge in [-0.1, -0.05) is 17.7 Å². The molecule has 1 amide bonds. The summed E-state index contributed by atoms with van der Waals surface area (Å²) in [7, 11) is 0. The van der Waals surface area contributed by atoms with Crippen LogP contribution in [0.5, 0.6) is 0 Å². The number of halogens is 3. The molecule has 2 aromatic heterocycles. The van der Waals surface area contributed by atoms with Gasteiger partial charge < -0.3 is 20.2 Å². The number of hydrogen-bond donors (Lipinski definition) is 2. The molecule has 1 aromatic carbocycles. The van der Waals surface area contributed by atoms with Crippen LogP contribution in [0.1, 0.15) is 72.1 Å². The lowest BCUT2D eigenvalue weighted by Crippen LogP contribution is -2.45. The number of aromatic nitrogens is 4. The topological polar surface area (TPSA) is 124 Å². The molecule has 2 atom stereocenters. The van der Waals surface area contributed by atoms with Crippen LogP contribution in [0.15, 0.2) is 42.9 Å². The highest BCUT2D eigenvalue weighted by Crippen LogP contribution is 2.50. The Hall–Kier alpha value is -4.29. The zero-order valence-electron chi connectivity index (χ0n) is 25.5. The minimum Gasteiger partial charge on any atom is -0.481 e. The normalized spacial score (nSPS) is 25.3. The van der Waals surface area contributed by atoms with Crippen molar-refractivity contribution in [3.63, 3.8) is 0 Å². The summed E-state index contributed by atoms with van der Waals surface area (Å²) in [5.41, 5.74) is 0.709. The van der Waals surface area contributed by atoms with Crippen molar-refractivity contribution in [3.8, 4) is 0 Å². The molecule has 4 heterocycles. The lowest BCUT2D eigenvalue weighted by atomic mass is 9.66. The van der Waals surface area contributed by atoms with Gasteiger partial charge in [0.05, 0.1) is 11.5 Å². The van der Waals surface area contributed by atoms with E-state index in [0.29, 0.717) is 51.3 Å². The molecule has 46 heavy (non-hydrogen) atoms. The Morgan fingerprint density at radius 1 is 0.978 bits per heavy atom. The van der Waals surface area contributed by atoms with Crippen molar-refractivity contribution in [3.05, 3.63) is 65.2 Å². The third kappa shape index (κ3) is 5.64. The van der Waals surface area contributed by atoms with Crippen LogP contribution >= 0.6 is 0 Å². The van der Waals surface area contributed by atoms with Crippen LogP contribution in [-0.4, -0.2) is 62.6 Å². The van der Waals surface area contributed by atoms with Crippen molar-refractivity contribution in [2.75, 3.05) is 29.4 Å². The van der Waals surface area contributed by atoms with Crippen LogP contribution in [0.2, 0.25) is 0 Å². The molecule has 2 saturated carbocycles. The fourth-order valence-corrected chi connectivity index (χ4v) is 8.30. The minimum atomic E-state index is -4.88. The molecule has 2 aliphatic heterocycles. The van der Waals surface area contributed by atoms with Gasteiger partial charge in [0.2, 0.25) is 11.9 Å². The molecular weight excluding hydrogens is 599 g/mol. The number of piperidine rings is 1. The Balaban J connectivity index is 1.13. The first kappa shape index (κ1) is 30.4. The molecule has 1 spiro atoms. The van der Waals surface area contributed by atoms with Crippen LogP contribution in [0.25, 0.3) is 0 Å². The van der Waals surface area contributed by atoms with E-state index in [2.05, 4.69) is 36.2 Å². The highest BCUT2D eigenvalue weighted by atomic mass is 19.4. The Morgan fingerprint density at radius 3 is 2.33 bits per heavy atom. The molecule has 2 N–H and O–H groups in total. The number of carboxylic acid groups (broad SMARTS) is 1. The molecule has 7 rings (SSSR count). The quantitative estimate of drug-likeness (QED) is 0.385. The van der Waals surface area contributed by atoms with E-state index in [-0.39, 0.29) is 29.2 Å². The lowest BCUT2D eigenvalue weighted by molar-refractivity contribution is -0.144. The molecule has 0 radical (unpaired) electrons. The first-order valence-corrected chi connectivity index (χ1v) is 15.9. The highest BCUT2D eigenvalue weighted by Gasteiger charge is 2.47. The smallest absolute Gasteiger partial charge is 0.434 e. The molecule has 2 unspecified atom stereocenters. The molecule has 1 saturated heterocycles. The second kappa shape index (κ2) is 11.5. The Bertz CT molecular complexity index is 1630. The van der Waals surface area contributed by atoms with E-state index in [9.17, 15) is 27.9 Å². The highest BCUT2D eigenvalue weighted by molar-refractivity contribution is 5.95. The van der Waals surface area contributed by atoms with Gasteiger partial charge in [-0.2, -0.15) is 13.2 Å². The monoisotopic (exact) mass is 635 g/mol. The number of rotatable bonds is 5. The second-order valence-corrected chi connectivity index (χ2v) is 13.5. The summed E-state index contributed by atoms with van der Waals surface area (Å²) in [4.78, 5) is 45.8. The number of aryl methyl sites for hydroxylation is 1. The third-order valence-corrected chi connectivity index (χ3v) is 10.4. The molecule has 3 fully saturated rings. The van der Waals surface area contributed by atoms with Crippen molar-refractivity contribution in [1.82, 2.24) is 25.3 Å². The standard InChI is InChI=1S/C33H36F3N7O3/c1-19-3-4-26-25(11-19)32(5-9-42(10-6-32)30-37-7-2-8-38-30)18-43(26)31-39-17-24(27(41-31)33(34,35)36)28(44)40-23-15-20-12-21(16-23)14-22(13-20)29(45)46/h2-4,7-8,11,17,20-23H,5-6,9-10,12-16,18H2,1H3,(H,40,44)(H,45,46). The van der Waals surface area contributed by atoms with Gasteiger partial charge in [-0.25, -0.2) is 19.9 Å². The van der Waals surface area contributed by atoms with Crippen LogP contribution in [-0.2, 0) is 16.4 Å². The number of carbonyl (C=O) groups excluding carboxylic acids is 1. The number of nitrogens with zero attached hydrogens (tertiary/aromatic N) is 6.